The van der Waals surface area contributed by atoms with Gasteiger partial charge in [-0.3, -0.25) is 0 Å². The average molecular weight is 185 g/mol. The van der Waals surface area contributed by atoms with E-state index in [1.807, 2.05) is 0 Å². The van der Waals surface area contributed by atoms with Gasteiger partial charge >= 0.3 is 0 Å². The minimum absolute atomic E-state index is 0.982. The first-order valence-corrected chi connectivity index (χ1v) is 6.39. The zero-order valence-electron chi connectivity index (χ0n) is 7.72. The molecule has 12 heavy (non-hydrogen) atoms. The molecule has 0 aromatic heterocycles. The molecule has 1 aliphatic heterocycles. The summed E-state index contributed by atoms with van der Waals surface area (Å²) in [5, 5.41) is 3.62. The average Bonchev–Trinajstić information content (AvgIpc) is 2.46. The predicted molar refractivity (Wildman–Crippen MR) is 55.6 cm³/mol. The molecule has 1 saturated heterocycles. The van der Waals surface area contributed by atoms with Crippen LogP contribution in [0.4, 0.5) is 0 Å². The lowest BCUT2D eigenvalue weighted by atomic mass is 9.85. The van der Waals surface area contributed by atoms with Gasteiger partial charge in [-0.2, -0.15) is 11.8 Å². The summed E-state index contributed by atoms with van der Waals surface area (Å²) in [5.41, 5.74) is 0. The van der Waals surface area contributed by atoms with Crippen molar-refractivity contribution in [3.05, 3.63) is 0 Å². The van der Waals surface area contributed by atoms with E-state index in [1.54, 1.807) is 0 Å². The van der Waals surface area contributed by atoms with Gasteiger partial charge in [-0.05, 0) is 55.7 Å². The van der Waals surface area contributed by atoms with E-state index < -0.39 is 0 Å². The molecular formula is C10H19NS. The maximum Gasteiger partial charge on any atom is -0.00122 e. The van der Waals surface area contributed by atoms with E-state index in [2.05, 4.69) is 17.1 Å². The minimum Gasteiger partial charge on any atom is -0.316 e. The smallest absolute Gasteiger partial charge is 0.00122 e. The standard InChI is InChI=1S/C10H19NS/c1-2-9(3-1)6-11-7-10-4-5-12-8-10/h9-11H,1-8H2. The Balaban J connectivity index is 1.49. The van der Waals surface area contributed by atoms with E-state index in [9.17, 15) is 0 Å². The third-order valence-corrected chi connectivity index (χ3v) is 4.35. The Hall–Kier alpha value is 0.310. The Morgan fingerprint density at radius 2 is 1.92 bits per heavy atom. The summed E-state index contributed by atoms with van der Waals surface area (Å²) < 4.78 is 0. The van der Waals surface area contributed by atoms with Gasteiger partial charge in [0.15, 0.2) is 0 Å². The quantitative estimate of drug-likeness (QED) is 0.720. The zero-order valence-corrected chi connectivity index (χ0v) is 8.54. The van der Waals surface area contributed by atoms with Crippen molar-refractivity contribution in [1.29, 1.82) is 0 Å². The van der Waals surface area contributed by atoms with Gasteiger partial charge in [0.25, 0.3) is 0 Å². The van der Waals surface area contributed by atoms with E-state index in [1.165, 1.54) is 50.3 Å². The van der Waals surface area contributed by atoms with Crippen molar-refractivity contribution in [3.8, 4) is 0 Å². The third kappa shape index (κ3) is 2.40. The Labute approximate surface area is 79.7 Å². The molecule has 1 nitrogen and oxygen atoms in total. The van der Waals surface area contributed by atoms with Crippen molar-refractivity contribution in [2.24, 2.45) is 11.8 Å². The molecule has 1 unspecified atom stereocenters. The first-order chi connectivity index (χ1) is 5.95. The van der Waals surface area contributed by atoms with Crippen molar-refractivity contribution < 1.29 is 0 Å². The molecule has 1 atom stereocenters. The number of hydrogen-bond acceptors (Lipinski definition) is 2. The molecule has 1 aliphatic carbocycles. The highest BCUT2D eigenvalue weighted by atomic mass is 32.2. The van der Waals surface area contributed by atoms with E-state index in [4.69, 9.17) is 0 Å². The van der Waals surface area contributed by atoms with Crippen LogP contribution in [0, 0.1) is 11.8 Å². The number of thioether (sulfide) groups is 1. The molecule has 2 heteroatoms. The van der Waals surface area contributed by atoms with Gasteiger partial charge in [-0.25, -0.2) is 0 Å². The Morgan fingerprint density at radius 3 is 2.50 bits per heavy atom. The lowest BCUT2D eigenvalue weighted by Gasteiger charge is -2.26. The van der Waals surface area contributed by atoms with Gasteiger partial charge in [0, 0.05) is 0 Å². The molecule has 0 aromatic rings. The fraction of sp³-hybridized carbons (Fsp3) is 1.00. The maximum absolute atomic E-state index is 3.62. The number of rotatable bonds is 4. The third-order valence-electron chi connectivity index (χ3n) is 3.11. The normalized spacial score (nSPS) is 30.5. The molecule has 1 N–H and O–H groups in total. The second-order valence-corrected chi connectivity index (χ2v) is 5.33. The summed E-state index contributed by atoms with van der Waals surface area (Å²) in [4.78, 5) is 0. The van der Waals surface area contributed by atoms with Gasteiger partial charge < -0.3 is 5.32 Å². The van der Waals surface area contributed by atoms with Gasteiger partial charge in [0.1, 0.15) is 0 Å². The van der Waals surface area contributed by atoms with Crippen LogP contribution in [0.5, 0.6) is 0 Å². The van der Waals surface area contributed by atoms with Gasteiger partial charge in [-0.15, -0.1) is 0 Å². The van der Waals surface area contributed by atoms with Gasteiger partial charge in [-0.1, -0.05) is 6.42 Å². The van der Waals surface area contributed by atoms with Crippen LogP contribution in [-0.2, 0) is 0 Å². The summed E-state index contributed by atoms with van der Waals surface area (Å²) in [7, 11) is 0. The van der Waals surface area contributed by atoms with Crippen molar-refractivity contribution >= 4 is 11.8 Å². The molecule has 2 rings (SSSR count). The molecule has 2 aliphatic rings. The summed E-state index contributed by atoms with van der Waals surface area (Å²) in [5.74, 6) is 4.81. The minimum atomic E-state index is 0.982. The van der Waals surface area contributed by atoms with Crippen molar-refractivity contribution in [1.82, 2.24) is 5.32 Å². The first-order valence-electron chi connectivity index (χ1n) is 5.23. The number of hydrogen-bond donors (Lipinski definition) is 1. The summed E-state index contributed by atoms with van der Waals surface area (Å²) in [6.07, 6.45) is 5.88. The number of nitrogens with one attached hydrogen (secondary N) is 1. The second-order valence-electron chi connectivity index (χ2n) is 4.18. The van der Waals surface area contributed by atoms with Crippen LogP contribution in [0.1, 0.15) is 25.7 Å². The summed E-state index contributed by atoms with van der Waals surface area (Å²) in [6, 6.07) is 0. The maximum atomic E-state index is 3.62. The van der Waals surface area contributed by atoms with Crippen molar-refractivity contribution in [2.75, 3.05) is 24.6 Å². The lowest BCUT2D eigenvalue weighted by Crippen LogP contribution is -2.31. The van der Waals surface area contributed by atoms with Crippen LogP contribution in [0.15, 0.2) is 0 Å². The van der Waals surface area contributed by atoms with Crippen molar-refractivity contribution in [3.63, 3.8) is 0 Å². The molecule has 1 saturated carbocycles. The predicted octanol–water partition coefficient (Wildman–Crippen LogP) is 2.13. The highest BCUT2D eigenvalue weighted by Crippen LogP contribution is 2.26. The molecule has 0 radical (unpaired) electrons. The highest BCUT2D eigenvalue weighted by molar-refractivity contribution is 7.99. The summed E-state index contributed by atoms with van der Waals surface area (Å²) >= 11 is 2.12. The highest BCUT2D eigenvalue weighted by Gasteiger charge is 2.18. The van der Waals surface area contributed by atoms with Crippen LogP contribution in [-0.4, -0.2) is 24.6 Å². The Bertz CT molecular complexity index is 128. The van der Waals surface area contributed by atoms with E-state index in [0.29, 0.717) is 0 Å². The molecule has 1 heterocycles. The fourth-order valence-electron chi connectivity index (χ4n) is 1.93. The van der Waals surface area contributed by atoms with Gasteiger partial charge in [0.2, 0.25) is 0 Å². The molecule has 0 amide bonds. The van der Waals surface area contributed by atoms with Crippen LogP contribution in [0.2, 0.25) is 0 Å². The fourth-order valence-corrected chi connectivity index (χ4v) is 3.22. The largest absolute Gasteiger partial charge is 0.316 e. The topological polar surface area (TPSA) is 12.0 Å². The molecule has 2 fully saturated rings. The lowest BCUT2D eigenvalue weighted by molar-refractivity contribution is 0.296. The monoisotopic (exact) mass is 185 g/mol. The van der Waals surface area contributed by atoms with E-state index >= 15 is 0 Å². The van der Waals surface area contributed by atoms with Crippen LogP contribution in [0.25, 0.3) is 0 Å². The van der Waals surface area contributed by atoms with E-state index in [-0.39, 0.29) is 0 Å². The molecule has 0 aromatic carbocycles. The second kappa shape index (κ2) is 4.52. The van der Waals surface area contributed by atoms with Crippen LogP contribution >= 0.6 is 11.8 Å². The van der Waals surface area contributed by atoms with Gasteiger partial charge in [0.05, 0.1) is 0 Å². The van der Waals surface area contributed by atoms with Crippen molar-refractivity contribution in [2.45, 2.75) is 25.7 Å². The van der Waals surface area contributed by atoms with E-state index in [0.717, 1.165) is 11.8 Å². The first kappa shape index (κ1) is 8.89. The van der Waals surface area contributed by atoms with Crippen LogP contribution in [0.3, 0.4) is 0 Å². The molecular weight excluding hydrogens is 166 g/mol. The molecule has 70 valence electrons. The Kier molecular flexibility index (Phi) is 3.35. The Morgan fingerprint density at radius 1 is 1.08 bits per heavy atom. The molecule has 0 spiro atoms. The SMILES string of the molecule is C1CC(CNCC2CCSC2)C1. The summed E-state index contributed by atoms with van der Waals surface area (Å²) in [6.45, 7) is 2.57. The van der Waals surface area contributed by atoms with Crippen LogP contribution < -0.4 is 5.32 Å². The zero-order chi connectivity index (χ0) is 8.23. The molecule has 0 bridgehead atoms.